The molecule has 9 heteroatoms. The van der Waals surface area contributed by atoms with Gasteiger partial charge in [-0.05, 0) is 36.2 Å². The molecular weight excluding hydrogens is 390 g/mol. The van der Waals surface area contributed by atoms with Gasteiger partial charge in [0.15, 0.2) is 11.5 Å². The summed E-state index contributed by atoms with van der Waals surface area (Å²) in [7, 11) is 6.17. The Hall–Kier alpha value is -3.75. The van der Waals surface area contributed by atoms with Gasteiger partial charge in [0, 0.05) is 18.2 Å². The maximum Gasteiger partial charge on any atom is 0.329 e. The fourth-order valence-electron chi connectivity index (χ4n) is 2.57. The minimum absolute atomic E-state index is 0.276. The molecule has 0 saturated heterocycles. The van der Waals surface area contributed by atoms with Crippen molar-refractivity contribution >= 4 is 18.0 Å². The lowest BCUT2D eigenvalue weighted by molar-refractivity contribution is -0.139. The number of carbonyl (C=O) groups is 2. The number of methoxy groups -OCH3 is 4. The fourth-order valence-corrected chi connectivity index (χ4v) is 2.57. The Morgan fingerprint density at radius 3 is 2.27 bits per heavy atom. The Labute approximate surface area is 175 Å². The van der Waals surface area contributed by atoms with Gasteiger partial charge in [-0.1, -0.05) is 6.07 Å². The predicted molar refractivity (Wildman–Crippen MR) is 112 cm³/mol. The third-order valence-corrected chi connectivity index (χ3v) is 4.16. The van der Waals surface area contributed by atoms with Crippen LogP contribution in [0.5, 0.6) is 23.0 Å². The number of hydrogen-bond donors (Lipinski definition) is 2. The molecule has 0 radical (unpaired) electrons. The van der Waals surface area contributed by atoms with Crippen LogP contribution >= 0.6 is 0 Å². The molecule has 0 fully saturated rings. The highest BCUT2D eigenvalue weighted by molar-refractivity contribution is 6.35. The first-order chi connectivity index (χ1) is 14.5. The van der Waals surface area contributed by atoms with Gasteiger partial charge in [0.1, 0.15) is 11.5 Å². The van der Waals surface area contributed by atoms with Crippen molar-refractivity contribution in [1.82, 2.24) is 10.7 Å². The molecule has 30 heavy (non-hydrogen) atoms. The topological polar surface area (TPSA) is 107 Å². The van der Waals surface area contributed by atoms with Crippen molar-refractivity contribution in [3.8, 4) is 23.0 Å². The molecule has 2 N–H and O–H groups in total. The zero-order chi connectivity index (χ0) is 21.9. The summed E-state index contributed by atoms with van der Waals surface area (Å²) in [5, 5.41) is 6.34. The van der Waals surface area contributed by atoms with Crippen molar-refractivity contribution in [2.45, 2.75) is 6.42 Å². The standard InChI is InChI=1S/C21H25N3O6/c1-27-16-7-6-15(18(12-16)29-3)13-23-24-21(26)20(25)22-10-9-14-5-8-17(28-2)19(11-14)30-4/h5-8,11-13H,9-10H2,1-4H3,(H,22,25)(H,24,26). The second kappa shape index (κ2) is 11.3. The Balaban J connectivity index is 1.84. The monoisotopic (exact) mass is 415 g/mol. The molecule has 0 spiro atoms. The second-order valence-electron chi connectivity index (χ2n) is 6.00. The summed E-state index contributed by atoms with van der Waals surface area (Å²) in [6.45, 7) is 0.276. The normalized spacial score (nSPS) is 10.4. The summed E-state index contributed by atoms with van der Waals surface area (Å²) in [5.41, 5.74) is 3.73. The maximum absolute atomic E-state index is 11.9. The fraction of sp³-hybridized carbons (Fsp3) is 0.286. The average Bonchev–Trinajstić information content (AvgIpc) is 2.78. The van der Waals surface area contributed by atoms with E-state index in [-0.39, 0.29) is 6.54 Å². The molecule has 2 rings (SSSR count). The lowest BCUT2D eigenvalue weighted by Gasteiger charge is -2.10. The van der Waals surface area contributed by atoms with E-state index in [0.29, 0.717) is 35.0 Å². The Kier molecular flexibility index (Phi) is 8.49. The number of rotatable bonds is 9. The number of nitrogens with one attached hydrogen (secondary N) is 2. The number of nitrogens with zero attached hydrogens (tertiary/aromatic N) is 1. The van der Waals surface area contributed by atoms with E-state index in [2.05, 4.69) is 15.8 Å². The number of benzene rings is 2. The number of amides is 2. The van der Waals surface area contributed by atoms with Gasteiger partial charge in [0.2, 0.25) is 0 Å². The minimum Gasteiger partial charge on any atom is -0.497 e. The van der Waals surface area contributed by atoms with Crippen molar-refractivity contribution in [2.75, 3.05) is 35.0 Å². The largest absolute Gasteiger partial charge is 0.497 e. The smallest absolute Gasteiger partial charge is 0.329 e. The number of ether oxygens (including phenoxy) is 4. The molecule has 160 valence electrons. The molecule has 0 atom stereocenters. The maximum atomic E-state index is 11.9. The lowest BCUT2D eigenvalue weighted by atomic mass is 10.1. The van der Waals surface area contributed by atoms with Crippen LogP contribution in [0.25, 0.3) is 0 Å². The van der Waals surface area contributed by atoms with E-state index in [1.165, 1.54) is 13.3 Å². The van der Waals surface area contributed by atoms with Crippen LogP contribution in [0.3, 0.4) is 0 Å². The van der Waals surface area contributed by atoms with Gasteiger partial charge in [0.05, 0.1) is 34.7 Å². The van der Waals surface area contributed by atoms with Gasteiger partial charge in [-0.25, -0.2) is 5.43 Å². The van der Waals surface area contributed by atoms with Crippen LogP contribution in [-0.2, 0) is 16.0 Å². The van der Waals surface area contributed by atoms with Crippen molar-refractivity contribution in [3.05, 3.63) is 47.5 Å². The Bertz CT molecular complexity index is 914. The first kappa shape index (κ1) is 22.5. The number of hydrazone groups is 1. The van der Waals surface area contributed by atoms with E-state index in [1.54, 1.807) is 45.6 Å². The third-order valence-electron chi connectivity index (χ3n) is 4.16. The SMILES string of the molecule is COc1ccc(C=NNC(=O)C(=O)NCCc2ccc(OC)c(OC)c2)c(OC)c1. The van der Waals surface area contributed by atoms with Crippen LogP contribution in [0.4, 0.5) is 0 Å². The van der Waals surface area contributed by atoms with Gasteiger partial charge < -0.3 is 24.3 Å². The highest BCUT2D eigenvalue weighted by atomic mass is 16.5. The van der Waals surface area contributed by atoms with Gasteiger partial charge >= 0.3 is 11.8 Å². The Morgan fingerprint density at radius 1 is 0.867 bits per heavy atom. The first-order valence-electron chi connectivity index (χ1n) is 9.06. The molecule has 0 saturated carbocycles. The summed E-state index contributed by atoms with van der Waals surface area (Å²) >= 11 is 0. The zero-order valence-electron chi connectivity index (χ0n) is 17.4. The third kappa shape index (κ3) is 6.13. The van der Waals surface area contributed by atoms with Crippen LogP contribution in [0.2, 0.25) is 0 Å². The predicted octanol–water partition coefficient (Wildman–Crippen LogP) is 1.53. The van der Waals surface area contributed by atoms with Crippen LogP contribution in [-0.4, -0.2) is 53.0 Å². The van der Waals surface area contributed by atoms with Gasteiger partial charge in [-0.3, -0.25) is 9.59 Å². The van der Waals surface area contributed by atoms with Crippen molar-refractivity contribution in [3.63, 3.8) is 0 Å². The minimum atomic E-state index is -0.869. The molecule has 0 heterocycles. The van der Waals surface area contributed by atoms with Crippen LogP contribution in [0.1, 0.15) is 11.1 Å². The first-order valence-corrected chi connectivity index (χ1v) is 9.06. The summed E-state index contributed by atoms with van der Waals surface area (Å²) in [6, 6.07) is 10.6. The second-order valence-corrected chi connectivity index (χ2v) is 6.00. The van der Waals surface area contributed by atoms with E-state index in [4.69, 9.17) is 18.9 Å². The highest BCUT2D eigenvalue weighted by Crippen LogP contribution is 2.27. The average molecular weight is 415 g/mol. The van der Waals surface area contributed by atoms with E-state index < -0.39 is 11.8 Å². The van der Waals surface area contributed by atoms with Crippen LogP contribution < -0.4 is 29.7 Å². The molecule has 0 aliphatic heterocycles. The molecule has 2 aromatic carbocycles. The van der Waals surface area contributed by atoms with E-state index in [9.17, 15) is 9.59 Å². The number of carbonyl (C=O) groups excluding carboxylic acids is 2. The van der Waals surface area contributed by atoms with Gasteiger partial charge in [0.25, 0.3) is 0 Å². The molecule has 9 nitrogen and oxygen atoms in total. The molecule has 0 aromatic heterocycles. The summed E-state index contributed by atoms with van der Waals surface area (Å²) in [5.74, 6) is 0.715. The quantitative estimate of drug-likeness (QED) is 0.365. The molecule has 2 aromatic rings. The Morgan fingerprint density at radius 2 is 1.60 bits per heavy atom. The van der Waals surface area contributed by atoms with Crippen molar-refractivity contribution < 1.29 is 28.5 Å². The molecular formula is C21H25N3O6. The van der Waals surface area contributed by atoms with Crippen molar-refractivity contribution in [1.29, 1.82) is 0 Å². The van der Waals surface area contributed by atoms with E-state index in [1.807, 2.05) is 12.1 Å². The highest BCUT2D eigenvalue weighted by Gasteiger charge is 2.12. The van der Waals surface area contributed by atoms with Gasteiger partial charge in [-0.2, -0.15) is 5.10 Å². The van der Waals surface area contributed by atoms with Crippen molar-refractivity contribution in [2.24, 2.45) is 5.10 Å². The number of hydrogen-bond acceptors (Lipinski definition) is 7. The summed E-state index contributed by atoms with van der Waals surface area (Å²) in [4.78, 5) is 23.8. The zero-order valence-corrected chi connectivity index (χ0v) is 17.4. The van der Waals surface area contributed by atoms with E-state index >= 15 is 0 Å². The molecule has 0 bridgehead atoms. The van der Waals surface area contributed by atoms with Gasteiger partial charge in [-0.15, -0.1) is 0 Å². The lowest BCUT2D eigenvalue weighted by Crippen LogP contribution is -2.38. The van der Waals surface area contributed by atoms with E-state index in [0.717, 1.165) is 5.56 Å². The van der Waals surface area contributed by atoms with Crippen LogP contribution in [0.15, 0.2) is 41.5 Å². The molecule has 0 unspecified atom stereocenters. The van der Waals surface area contributed by atoms with Crippen LogP contribution in [0, 0.1) is 0 Å². The summed E-state index contributed by atoms with van der Waals surface area (Å²) in [6.07, 6.45) is 1.90. The summed E-state index contributed by atoms with van der Waals surface area (Å²) < 4.78 is 20.8. The molecule has 2 amide bonds. The molecule has 0 aliphatic carbocycles. The molecule has 0 aliphatic rings.